The highest BCUT2D eigenvalue weighted by Gasteiger charge is 2.14. The van der Waals surface area contributed by atoms with Crippen LogP contribution in [0.5, 0.6) is 11.6 Å². The highest BCUT2D eigenvalue weighted by atomic mass is 32.2. The fourth-order valence-electron chi connectivity index (χ4n) is 2.56. The summed E-state index contributed by atoms with van der Waals surface area (Å²) in [5, 5.41) is 13.7. The van der Waals surface area contributed by atoms with Crippen LogP contribution in [0.25, 0.3) is 5.82 Å². The molecule has 2 N–H and O–H groups in total. The fourth-order valence-corrected chi connectivity index (χ4v) is 2.93. The van der Waals surface area contributed by atoms with Crippen LogP contribution in [0.3, 0.4) is 0 Å². The van der Waals surface area contributed by atoms with E-state index >= 15 is 0 Å². The van der Waals surface area contributed by atoms with Crippen molar-refractivity contribution in [1.29, 1.82) is 5.26 Å². The monoisotopic (exact) mass is 380 g/mol. The summed E-state index contributed by atoms with van der Waals surface area (Å²) >= 11 is 1.38. The molecule has 2 heterocycles. The molecule has 8 heteroatoms. The van der Waals surface area contributed by atoms with Crippen LogP contribution in [0, 0.1) is 18.3 Å². The first-order valence-corrected chi connectivity index (χ1v) is 9.60. The third-order valence-corrected chi connectivity index (χ3v) is 4.51. The van der Waals surface area contributed by atoms with Gasteiger partial charge in [0.1, 0.15) is 23.2 Å². The summed E-state index contributed by atoms with van der Waals surface area (Å²) in [7, 11) is 0. The number of benzene rings is 1. The van der Waals surface area contributed by atoms with Crippen LogP contribution in [0.1, 0.15) is 36.5 Å². The van der Waals surface area contributed by atoms with E-state index in [9.17, 15) is 0 Å². The highest BCUT2D eigenvalue weighted by Crippen LogP contribution is 2.28. The lowest BCUT2D eigenvalue weighted by Gasteiger charge is -2.12. The van der Waals surface area contributed by atoms with E-state index in [-0.39, 0.29) is 5.82 Å². The van der Waals surface area contributed by atoms with E-state index in [0.717, 1.165) is 5.56 Å². The van der Waals surface area contributed by atoms with Gasteiger partial charge in [-0.15, -0.1) is 0 Å². The molecule has 2 aromatic heterocycles. The summed E-state index contributed by atoms with van der Waals surface area (Å²) in [6.07, 6.45) is 3.28. The number of anilines is 1. The molecular formula is C19H20N6OS. The molecule has 0 aliphatic heterocycles. The highest BCUT2D eigenvalue weighted by molar-refractivity contribution is 7.98. The lowest BCUT2D eigenvalue weighted by Crippen LogP contribution is -2.06. The van der Waals surface area contributed by atoms with Crippen molar-refractivity contribution in [1.82, 2.24) is 19.7 Å². The number of ether oxygens (including phenoxy) is 1. The Morgan fingerprint density at radius 1 is 1.22 bits per heavy atom. The molecule has 0 bridgehead atoms. The van der Waals surface area contributed by atoms with E-state index in [4.69, 9.17) is 15.7 Å². The minimum Gasteiger partial charge on any atom is -0.439 e. The first kappa shape index (κ1) is 18.7. The van der Waals surface area contributed by atoms with E-state index in [0.29, 0.717) is 34.1 Å². The molecule has 0 aliphatic carbocycles. The largest absolute Gasteiger partial charge is 0.439 e. The number of nitriles is 1. The maximum Gasteiger partial charge on any atom is 0.225 e. The van der Waals surface area contributed by atoms with Gasteiger partial charge in [0, 0.05) is 6.07 Å². The number of nitrogens with two attached hydrogens (primary N) is 1. The molecule has 0 saturated heterocycles. The fraction of sp³-hybridized carbons (Fsp3) is 0.263. The first-order chi connectivity index (χ1) is 12.9. The number of aryl methyl sites for hydroxylation is 1. The van der Waals surface area contributed by atoms with Crippen LogP contribution < -0.4 is 10.5 Å². The van der Waals surface area contributed by atoms with Crippen LogP contribution in [0.15, 0.2) is 35.6 Å². The van der Waals surface area contributed by atoms with E-state index in [2.05, 4.69) is 35.0 Å². The Morgan fingerprint density at radius 3 is 2.63 bits per heavy atom. The Morgan fingerprint density at radius 2 is 2.00 bits per heavy atom. The number of nitrogen functional groups attached to an aromatic ring is 1. The Bertz CT molecular complexity index is 1020. The third kappa shape index (κ3) is 4.04. The molecule has 27 heavy (non-hydrogen) atoms. The minimum atomic E-state index is 0.229. The van der Waals surface area contributed by atoms with E-state index in [1.807, 2.05) is 31.4 Å². The van der Waals surface area contributed by atoms with Gasteiger partial charge in [-0.3, -0.25) is 0 Å². The van der Waals surface area contributed by atoms with Gasteiger partial charge >= 0.3 is 0 Å². The van der Waals surface area contributed by atoms with Crippen molar-refractivity contribution >= 4 is 17.6 Å². The van der Waals surface area contributed by atoms with Gasteiger partial charge in [0.15, 0.2) is 11.0 Å². The van der Waals surface area contributed by atoms with Gasteiger partial charge in [-0.25, -0.2) is 4.98 Å². The molecular weight excluding hydrogens is 360 g/mol. The van der Waals surface area contributed by atoms with E-state index < -0.39 is 0 Å². The van der Waals surface area contributed by atoms with Crippen molar-refractivity contribution in [3.63, 3.8) is 0 Å². The van der Waals surface area contributed by atoms with E-state index in [1.165, 1.54) is 28.2 Å². The second kappa shape index (κ2) is 7.68. The van der Waals surface area contributed by atoms with Gasteiger partial charge in [-0.05, 0) is 42.4 Å². The molecule has 0 unspecified atom stereocenters. The van der Waals surface area contributed by atoms with E-state index in [1.54, 1.807) is 6.07 Å². The Kier molecular flexibility index (Phi) is 5.33. The molecule has 3 rings (SSSR count). The lowest BCUT2D eigenvalue weighted by molar-refractivity contribution is 0.453. The van der Waals surface area contributed by atoms with Crippen LogP contribution in [0.4, 0.5) is 5.82 Å². The molecule has 3 aromatic rings. The average molecular weight is 380 g/mol. The Balaban J connectivity index is 2.02. The topological polar surface area (TPSA) is 103 Å². The number of nitrogens with zero attached hydrogens (tertiary/aromatic N) is 5. The summed E-state index contributed by atoms with van der Waals surface area (Å²) in [6.45, 7) is 6.31. The van der Waals surface area contributed by atoms with Crippen LogP contribution >= 0.6 is 11.8 Å². The molecule has 0 saturated carbocycles. The standard InChI is InChI=1S/C19H20N6OS/c1-11(2)13-5-12(3)6-15(7-13)26-17-8-16(23-19(24-17)27-4)25-18(21)14(9-20)10-22-25/h5-8,10-11H,21H2,1-4H3. The maximum absolute atomic E-state index is 9.08. The molecule has 138 valence electrons. The molecule has 0 aliphatic rings. The summed E-state index contributed by atoms with van der Waals surface area (Å²) in [6, 6.07) is 9.77. The van der Waals surface area contributed by atoms with Crippen molar-refractivity contribution in [3.8, 4) is 23.5 Å². The minimum absolute atomic E-state index is 0.229. The second-order valence-corrected chi connectivity index (χ2v) is 7.13. The van der Waals surface area contributed by atoms with Gasteiger partial charge in [0.05, 0.1) is 6.20 Å². The van der Waals surface area contributed by atoms with Crippen molar-refractivity contribution < 1.29 is 4.74 Å². The predicted molar refractivity (Wildman–Crippen MR) is 105 cm³/mol. The number of thioether (sulfide) groups is 1. The zero-order chi connectivity index (χ0) is 19.6. The second-order valence-electron chi connectivity index (χ2n) is 6.35. The number of hydrogen-bond acceptors (Lipinski definition) is 7. The molecule has 0 atom stereocenters. The first-order valence-electron chi connectivity index (χ1n) is 8.37. The molecule has 7 nitrogen and oxygen atoms in total. The smallest absolute Gasteiger partial charge is 0.225 e. The summed E-state index contributed by atoms with van der Waals surface area (Å²) in [4.78, 5) is 8.83. The van der Waals surface area contributed by atoms with Gasteiger partial charge in [0.25, 0.3) is 0 Å². The average Bonchev–Trinajstić information content (AvgIpc) is 3.01. The van der Waals surface area contributed by atoms with Crippen molar-refractivity contribution in [2.45, 2.75) is 31.8 Å². The third-order valence-electron chi connectivity index (χ3n) is 3.96. The Hall–Kier alpha value is -3.05. The van der Waals surface area contributed by atoms with Crippen molar-refractivity contribution in [2.24, 2.45) is 0 Å². The SMILES string of the molecule is CSc1nc(Oc2cc(C)cc(C(C)C)c2)cc(-n2ncc(C#N)c2N)n1. The Labute approximate surface area is 162 Å². The number of aromatic nitrogens is 4. The number of hydrogen-bond donors (Lipinski definition) is 1. The molecule has 0 amide bonds. The molecule has 0 spiro atoms. The summed E-state index contributed by atoms with van der Waals surface area (Å²) in [5.74, 6) is 2.16. The normalized spacial score (nSPS) is 10.8. The number of rotatable bonds is 5. The van der Waals surface area contributed by atoms with Crippen LogP contribution in [-0.2, 0) is 0 Å². The van der Waals surface area contributed by atoms with Crippen LogP contribution in [-0.4, -0.2) is 26.0 Å². The lowest BCUT2D eigenvalue weighted by atomic mass is 10.0. The zero-order valence-corrected chi connectivity index (χ0v) is 16.4. The van der Waals surface area contributed by atoms with Gasteiger partial charge in [-0.2, -0.15) is 20.0 Å². The predicted octanol–water partition coefficient (Wildman–Crippen LogP) is 4.06. The van der Waals surface area contributed by atoms with Gasteiger partial charge in [0.2, 0.25) is 5.88 Å². The zero-order valence-electron chi connectivity index (χ0n) is 15.6. The summed E-state index contributed by atoms with van der Waals surface area (Å²) in [5.41, 5.74) is 8.59. The molecule has 0 fully saturated rings. The van der Waals surface area contributed by atoms with Crippen molar-refractivity contribution in [2.75, 3.05) is 12.0 Å². The maximum atomic E-state index is 9.08. The summed E-state index contributed by atoms with van der Waals surface area (Å²) < 4.78 is 7.42. The van der Waals surface area contributed by atoms with Gasteiger partial charge < -0.3 is 10.5 Å². The van der Waals surface area contributed by atoms with Gasteiger partial charge in [-0.1, -0.05) is 31.7 Å². The van der Waals surface area contributed by atoms with Crippen LogP contribution in [0.2, 0.25) is 0 Å². The molecule has 0 radical (unpaired) electrons. The van der Waals surface area contributed by atoms with Crippen molar-refractivity contribution in [3.05, 3.63) is 47.2 Å². The molecule has 1 aromatic carbocycles. The quantitative estimate of drug-likeness (QED) is 0.526.